The molecular formula is C43H51N2O4S+. The predicted molar refractivity (Wildman–Crippen MR) is 205 cm³/mol. The molecule has 3 aromatic rings. The van der Waals surface area contributed by atoms with Crippen molar-refractivity contribution in [1.29, 1.82) is 0 Å². The molecule has 0 radical (unpaired) electrons. The van der Waals surface area contributed by atoms with Gasteiger partial charge in [-0.15, -0.1) is 0 Å². The molecular weight excluding hydrogens is 641 g/mol. The number of rotatable bonds is 11. The summed E-state index contributed by atoms with van der Waals surface area (Å²) in [6.07, 6.45) is 13.1. The topological polar surface area (TPSA) is 69.8 Å². The maximum atomic E-state index is 11.6. The molecule has 3 aromatic carbocycles. The van der Waals surface area contributed by atoms with Gasteiger partial charge < -0.3 is 9.64 Å². The van der Waals surface area contributed by atoms with Crippen molar-refractivity contribution in [1.82, 2.24) is 0 Å². The first-order valence-corrected chi connectivity index (χ1v) is 19.6. The summed E-state index contributed by atoms with van der Waals surface area (Å²) in [4.78, 5) is 2.43. The van der Waals surface area contributed by atoms with Crippen molar-refractivity contribution >= 4 is 27.2 Å². The quantitative estimate of drug-likeness (QED) is 0.160. The van der Waals surface area contributed by atoms with E-state index in [0.29, 0.717) is 13.0 Å². The van der Waals surface area contributed by atoms with E-state index in [-0.39, 0.29) is 16.6 Å². The maximum Gasteiger partial charge on any atom is 0.265 e. The minimum Gasteiger partial charge on any atom is -0.457 e. The molecule has 0 fully saturated rings. The fraction of sp³-hybridized carbons (Fsp3) is 0.372. The third-order valence-electron chi connectivity index (χ3n) is 10.6. The molecule has 0 unspecified atom stereocenters. The van der Waals surface area contributed by atoms with Crippen molar-refractivity contribution < 1.29 is 22.3 Å². The van der Waals surface area contributed by atoms with Crippen LogP contribution in [0.3, 0.4) is 0 Å². The van der Waals surface area contributed by atoms with Gasteiger partial charge in [-0.25, -0.2) is 0 Å². The lowest BCUT2D eigenvalue weighted by molar-refractivity contribution is -0.437. The first-order valence-electron chi connectivity index (χ1n) is 18.0. The van der Waals surface area contributed by atoms with E-state index in [4.69, 9.17) is 4.74 Å². The number of likely N-dealkylation sites (N-methyl/N-ethyl adjacent to an activating group) is 1. The number of hydrogen-bond acceptors (Lipinski definition) is 4. The average molecular weight is 692 g/mol. The molecule has 0 saturated heterocycles. The zero-order chi connectivity index (χ0) is 35.7. The van der Waals surface area contributed by atoms with Crippen LogP contribution in [0.1, 0.15) is 83.9 Å². The second-order valence-corrected chi connectivity index (χ2v) is 16.2. The number of nitrogens with zero attached hydrogens (tertiary/aromatic N) is 2. The Morgan fingerprint density at radius 2 is 1.62 bits per heavy atom. The summed E-state index contributed by atoms with van der Waals surface area (Å²) in [7, 11) is -4.05. The SMILES string of the molecule is CCc1ccc2c(c1)C(C)(C)C(C=CC1=C(Oc3ccccc3)C(=CC=C3N(CC)c4ccccc4C3(C)C)CCC1)=[N+]2CCCS(=O)(=O)O. The molecule has 0 atom stereocenters. The van der Waals surface area contributed by atoms with Crippen LogP contribution in [-0.4, -0.2) is 42.1 Å². The summed E-state index contributed by atoms with van der Waals surface area (Å²) in [6, 6.07) is 25.3. The largest absolute Gasteiger partial charge is 0.457 e. The van der Waals surface area contributed by atoms with E-state index in [0.717, 1.165) is 60.7 Å². The van der Waals surface area contributed by atoms with Crippen LogP contribution in [0.5, 0.6) is 5.75 Å². The smallest absolute Gasteiger partial charge is 0.265 e. The molecule has 0 spiro atoms. The number of fused-ring (bicyclic) bond motifs is 2. The van der Waals surface area contributed by atoms with Crippen molar-refractivity contribution in [2.24, 2.45) is 0 Å². The van der Waals surface area contributed by atoms with Gasteiger partial charge in [0, 0.05) is 47.5 Å². The summed E-state index contributed by atoms with van der Waals surface area (Å²) < 4.78 is 41.8. The summed E-state index contributed by atoms with van der Waals surface area (Å²) >= 11 is 0. The second kappa shape index (κ2) is 14.2. The minimum absolute atomic E-state index is 0.124. The molecule has 1 aliphatic carbocycles. The first kappa shape index (κ1) is 35.6. The summed E-state index contributed by atoms with van der Waals surface area (Å²) in [5, 5.41) is 0. The molecule has 0 saturated carbocycles. The molecule has 262 valence electrons. The van der Waals surface area contributed by atoms with Crippen LogP contribution in [0.2, 0.25) is 0 Å². The van der Waals surface area contributed by atoms with Gasteiger partial charge in [0.1, 0.15) is 18.1 Å². The minimum atomic E-state index is -4.05. The molecule has 7 heteroatoms. The van der Waals surface area contributed by atoms with E-state index in [2.05, 4.69) is 118 Å². The Hall–Kier alpha value is -4.20. The molecule has 3 aliphatic rings. The van der Waals surface area contributed by atoms with Gasteiger partial charge in [0.15, 0.2) is 5.71 Å². The number of ether oxygens (including phenoxy) is 1. The predicted octanol–water partition coefficient (Wildman–Crippen LogP) is 9.60. The number of hydrogen-bond donors (Lipinski definition) is 1. The fourth-order valence-corrected chi connectivity index (χ4v) is 8.38. The average Bonchev–Trinajstić information content (AvgIpc) is 3.44. The number of anilines is 1. The highest BCUT2D eigenvalue weighted by atomic mass is 32.2. The van der Waals surface area contributed by atoms with Crippen molar-refractivity contribution in [3.8, 4) is 5.75 Å². The van der Waals surface area contributed by atoms with Gasteiger partial charge in [0.2, 0.25) is 5.69 Å². The third kappa shape index (κ3) is 7.03. The number of allylic oxidation sites excluding steroid dienone is 7. The Labute approximate surface area is 299 Å². The Balaban J connectivity index is 1.44. The van der Waals surface area contributed by atoms with Gasteiger partial charge >= 0.3 is 0 Å². The van der Waals surface area contributed by atoms with Crippen molar-refractivity contribution in [3.05, 3.63) is 136 Å². The molecule has 0 aromatic heterocycles. The highest BCUT2D eigenvalue weighted by Crippen LogP contribution is 2.48. The van der Waals surface area contributed by atoms with Crippen LogP contribution < -0.4 is 9.64 Å². The molecule has 50 heavy (non-hydrogen) atoms. The fourth-order valence-electron chi connectivity index (χ4n) is 7.89. The molecule has 0 bridgehead atoms. The van der Waals surface area contributed by atoms with Crippen molar-refractivity contribution in [2.45, 2.75) is 84.5 Å². The van der Waals surface area contributed by atoms with E-state index in [9.17, 15) is 13.0 Å². The zero-order valence-corrected chi connectivity index (χ0v) is 31.2. The summed E-state index contributed by atoms with van der Waals surface area (Å²) in [5.41, 5.74) is 10.5. The van der Waals surface area contributed by atoms with Gasteiger partial charge in [-0.3, -0.25) is 4.55 Å². The molecule has 0 amide bonds. The molecule has 2 heterocycles. The Morgan fingerprint density at radius 3 is 2.34 bits per heavy atom. The normalized spacial score (nSPS) is 19.9. The van der Waals surface area contributed by atoms with Gasteiger partial charge in [-0.1, -0.05) is 69.3 Å². The monoisotopic (exact) mass is 691 g/mol. The van der Waals surface area contributed by atoms with Gasteiger partial charge in [0.05, 0.1) is 11.2 Å². The standard InChI is InChI=1S/C43H50N2O4S/c1-7-31-22-25-38-36(30-31)43(5,6)40(45(38)28-15-29-50(46,47)48)27-24-33-17-14-16-32(41(33)49-34-18-10-9-11-19-34)23-26-39-42(3,4)35-20-12-13-21-37(35)44(39)8-2/h9-13,18-27,30H,7-8,14-17,28-29H2,1-6H3/p+1. The van der Waals surface area contributed by atoms with E-state index in [1.54, 1.807) is 0 Å². The van der Waals surface area contributed by atoms with Crippen LogP contribution in [0, 0.1) is 0 Å². The molecule has 2 aliphatic heterocycles. The van der Waals surface area contributed by atoms with Gasteiger partial charge in [-0.2, -0.15) is 13.0 Å². The van der Waals surface area contributed by atoms with E-state index >= 15 is 0 Å². The number of para-hydroxylation sites is 2. The van der Waals surface area contributed by atoms with E-state index in [1.165, 1.54) is 33.6 Å². The van der Waals surface area contributed by atoms with Gasteiger partial charge in [0.25, 0.3) is 10.1 Å². The molecule has 6 nitrogen and oxygen atoms in total. The summed E-state index contributed by atoms with van der Waals surface area (Å²) in [5.74, 6) is 1.43. The Bertz CT molecular complexity index is 2030. The Morgan fingerprint density at radius 1 is 0.880 bits per heavy atom. The van der Waals surface area contributed by atoms with Crippen molar-refractivity contribution in [3.63, 3.8) is 0 Å². The lowest BCUT2D eigenvalue weighted by Crippen LogP contribution is -2.28. The van der Waals surface area contributed by atoms with Crippen LogP contribution in [0.25, 0.3) is 0 Å². The Kier molecular flexibility index (Phi) is 10.1. The third-order valence-corrected chi connectivity index (χ3v) is 11.4. The highest BCUT2D eigenvalue weighted by molar-refractivity contribution is 7.85. The molecule has 1 N–H and O–H groups in total. The molecule has 6 rings (SSSR count). The second-order valence-electron chi connectivity index (χ2n) is 14.6. The van der Waals surface area contributed by atoms with Crippen molar-refractivity contribution in [2.75, 3.05) is 23.7 Å². The van der Waals surface area contributed by atoms with E-state index < -0.39 is 10.1 Å². The van der Waals surface area contributed by atoms with Crippen LogP contribution in [0.15, 0.2) is 120 Å². The van der Waals surface area contributed by atoms with Crippen LogP contribution in [-0.2, 0) is 27.4 Å². The first-order chi connectivity index (χ1) is 23.8. The zero-order valence-electron chi connectivity index (χ0n) is 30.4. The highest BCUT2D eigenvalue weighted by Gasteiger charge is 2.44. The van der Waals surface area contributed by atoms with Crippen LogP contribution in [0.4, 0.5) is 11.4 Å². The van der Waals surface area contributed by atoms with Crippen LogP contribution >= 0.6 is 0 Å². The lowest BCUT2D eigenvalue weighted by atomic mass is 9.80. The van der Waals surface area contributed by atoms with Gasteiger partial charge in [-0.05, 0) is 105 Å². The number of aryl methyl sites for hydroxylation is 1. The lowest BCUT2D eigenvalue weighted by Gasteiger charge is -2.26. The maximum absolute atomic E-state index is 11.6. The number of benzene rings is 3. The summed E-state index contributed by atoms with van der Waals surface area (Å²) in [6.45, 7) is 14.8. The van der Waals surface area contributed by atoms with E-state index in [1.807, 2.05) is 30.3 Å².